The van der Waals surface area contributed by atoms with Gasteiger partial charge in [0.15, 0.2) is 0 Å². The van der Waals surface area contributed by atoms with Crippen LogP contribution in [-0.4, -0.2) is 46.7 Å². The van der Waals surface area contributed by atoms with Gasteiger partial charge in [-0.25, -0.2) is 0 Å². The number of rotatable bonds is 4. The minimum Gasteiger partial charge on any atom is -0.329 e. The molecule has 6 nitrogen and oxygen atoms in total. The third-order valence-corrected chi connectivity index (χ3v) is 5.54. The van der Waals surface area contributed by atoms with Gasteiger partial charge in [0, 0.05) is 18.7 Å². The van der Waals surface area contributed by atoms with Gasteiger partial charge in [-0.1, -0.05) is 35.9 Å². The van der Waals surface area contributed by atoms with Gasteiger partial charge in [-0.2, -0.15) is 0 Å². The number of piperazine rings is 1. The zero-order chi connectivity index (χ0) is 19.7. The highest BCUT2D eigenvalue weighted by atomic mass is 35.5. The largest absolute Gasteiger partial charge is 0.329 e. The van der Waals surface area contributed by atoms with E-state index in [-0.39, 0.29) is 30.3 Å². The summed E-state index contributed by atoms with van der Waals surface area (Å²) in [7, 11) is 0. The third-order valence-electron chi connectivity index (χ3n) is 5.21. The number of anilines is 1. The number of nitrogens with one attached hydrogen (secondary N) is 1. The van der Waals surface area contributed by atoms with Crippen molar-refractivity contribution in [1.29, 1.82) is 0 Å². The molecule has 2 heterocycles. The Kier molecular flexibility index (Phi) is 5.05. The number of nitrogens with zero attached hydrogens (tertiary/aromatic N) is 2. The van der Waals surface area contributed by atoms with Crippen molar-refractivity contribution in [2.24, 2.45) is 0 Å². The number of halogens is 1. The molecule has 4 rings (SSSR count). The maximum atomic E-state index is 12.6. The maximum Gasteiger partial charge on any atom is 0.255 e. The fraction of sp³-hybridized carbons (Fsp3) is 0.286. The maximum absolute atomic E-state index is 12.6. The lowest BCUT2D eigenvalue weighted by molar-refractivity contribution is -0.154. The highest BCUT2D eigenvalue weighted by Crippen LogP contribution is 2.25. The summed E-state index contributed by atoms with van der Waals surface area (Å²) in [4.78, 5) is 40.6. The standard InChI is InChI=1S/C21H20ClN3O3/c22-16-4-1-2-5-17(16)23-20(27)15-9-7-14(8-10-15)12-24-13-19(26)25-11-3-6-18(25)21(24)28/h1-2,4-5,7-10,18H,3,6,11-13H2,(H,23,27)/t18-/m0/s1. The summed E-state index contributed by atoms with van der Waals surface area (Å²) in [6, 6.07) is 13.8. The fourth-order valence-corrected chi connectivity index (χ4v) is 3.92. The molecule has 2 saturated heterocycles. The van der Waals surface area contributed by atoms with E-state index < -0.39 is 0 Å². The van der Waals surface area contributed by atoms with Crippen molar-refractivity contribution in [2.75, 3.05) is 18.4 Å². The number of carbonyl (C=O) groups is 3. The van der Waals surface area contributed by atoms with Gasteiger partial charge in [0.1, 0.15) is 12.6 Å². The van der Waals surface area contributed by atoms with E-state index in [4.69, 9.17) is 11.6 Å². The molecule has 0 aromatic heterocycles. The molecule has 3 amide bonds. The molecule has 0 aliphatic carbocycles. The molecule has 2 fully saturated rings. The Labute approximate surface area is 168 Å². The van der Waals surface area contributed by atoms with Gasteiger partial charge in [0.05, 0.1) is 10.7 Å². The molecule has 2 aromatic carbocycles. The first-order valence-corrected chi connectivity index (χ1v) is 9.64. The third kappa shape index (κ3) is 3.60. The van der Waals surface area contributed by atoms with E-state index in [1.54, 1.807) is 58.3 Å². The summed E-state index contributed by atoms with van der Waals surface area (Å²) in [5.41, 5.74) is 1.92. The van der Waals surface area contributed by atoms with E-state index in [1.807, 2.05) is 0 Å². The lowest BCUT2D eigenvalue weighted by atomic mass is 10.1. The van der Waals surface area contributed by atoms with Crippen molar-refractivity contribution >= 4 is 35.0 Å². The Bertz CT molecular complexity index is 929. The Balaban J connectivity index is 1.42. The summed E-state index contributed by atoms with van der Waals surface area (Å²) in [5.74, 6) is -0.235. The lowest BCUT2D eigenvalue weighted by Gasteiger charge is -2.36. The molecule has 0 spiro atoms. The number of carbonyl (C=O) groups excluding carboxylic acids is 3. The fourth-order valence-electron chi connectivity index (χ4n) is 3.74. The second-order valence-corrected chi connectivity index (χ2v) is 7.48. The minimum absolute atomic E-state index is 0.0117. The number of para-hydroxylation sites is 1. The second-order valence-electron chi connectivity index (χ2n) is 7.07. The van der Waals surface area contributed by atoms with Crippen LogP contribution in [0.3, 0.4) is 0 Å². The Morgan fingerprint density at radius 2 is 1.86 bits per heavy atom. The minimum atomic E-state index is -0.304. The van der Waals surface area contributed by atoms with Crippen molar-refractivity contribution < 1.29 is 14.4 Å². The predicted octanol–water partition coefficient (Wildman–Crippen LogP) is 2.93. The Morgan fingerprint density at radius 1 is 1.11 bits per heavy atom. The van der Waals surface area contributed by atoms with Crippen LogP contribution in [0.1, 0.15) is 28.8 Å². The zero-order valence-corrected chi connectivity index (χ0v) is 16.0. The van der Waals surface area contributed by atoms with Crippen LogP contribution in [0.25, 0.3) is 0 Å². The zero-order valence-electron chi connectivity index (χ0n) is 15.2. The summed E-state index contributed by atoms with van der Waals surface area (Å²) < 4.78 is 0. The molecule has 0 saturated carbocycles. The highest BCUT2D eigenvalue weighted by Gasteiger charge is 2.41. The molecule has 0 bridgehead atoms. The molecule has 0 unspecified atom stereocenters. The Hall–Kier alpha value is -2.86. The molecule has 2 aliphatic rings. The molecule has 1 N–H and O–H groups in total. The van der Waals surface area contributed by atoms with Gasteiger partial charge in [0.25, 0.3) is 5.91 Å². The van der Waals surface area contributed by atoms with E-state index in [1.165, 1.54) is 0 Å². The van der Waals surface area contributed by atoms with Gasteiger partial charge in [-0.05, 0) is 42.7 Å². The molecule has 2 aliphatic heterocycles. The quantitative estimate of drug-likeness (QED) is 0.862. The monoisotopic (exact) mass is 397 g/mol. The van der Waals surface area contributed by atoms with E-state index in [9.17, 15) is 14.4 Å². The normalized spacial score (nSPS) is 19.0. The summed E-state index contributed by atoms with van der Waals surface area (Å²) in [6.07, 6.45) is 1.62. The van der Waals surface area contributed by atoms with Crippen LogP contribution in [0, 0.1) is 0 Å². The number of fused-ring (bicyclic) bond motifs is 1. The topological polar surface area (TPSA) is 69.7 Å². The van der Waals surface area contributed by atoms with Crippen LogP contribution in [0.5, 0.6) is 0 Å². The average molecular weight is 398 g/mol. The van der Waals surface area contributed by atoms with Crippen LogP contribution >= 0.6 is 11.6 Å². The van der Waals surface area contributed by atoms with Gasteiger partial charge in [0.2, 0.25) is 11.8 Å². The number of hydrogen-bond acceptors (Lipinski definition) is 3. The molecular weight excluding hydrogens is 378 g/mol. The van der Waals surface area contributed by atoms with E-state index in [0.717, 1.165) is 18.4 Å². The molecule has 7 heteroatoms. The summed E-state index contributed by atoms with van der Waals surface area (Å²) in [6.45, 7) is 1.16. The van der Waals surface area contributed by atoms with Crippen molar-refractivity contribution in [3.63, 3.8) is 0 Å². The first kappa shape index (κ1) is 18.5. The van der Waals surface area contributed by atoms with E-state index in [2.05, 4.69) is 5.32 Å². The van der Waals surface area contributed by atoms with Gasteiger partial charge >= 0.3 is 0 Å². The van der Waals surface area contributed by atoms with Crippen molar-refractivity contribution in [3.8, 4) is 0 Å². The Morgan fingerprint density at radius 3 is 2.61 bits per heavy atom. The first-order chi connectivity index (χ1) is 13.5. The van der Waals surface area contributed by atoms with E-state index in [0.29, 0.717) is 29.4 Å². The average Bonchev–Trinajstić information content (AvgIpc) is 3.19. The molecule has 2 aromatic rings. The van der Waals surface area contributed by atoms with Crippen molar-refractivity contribution in [2.45, 2.75) is 25.4 Å². The van der Waals surface area contributed by atoms with Crippen LogP contribution in [0.2, 0.25) is 5.02 Å². The van der Waals surface area contributed by atoms with Crippen molar-refractivity contribution in [1.82, 2.24) is 9.80 Å². The molecule has 144 valence electrons. The van der Waals surface area contributed by atoms with Crippen LogP contribution in [0.15, 0.2) is 48.5 Å². The molecule has 1 atom stereocenters. The molecule has 0 radical (unpaired) electrons. The number of amides is 3. The second kappa shape index (κ2) is 7.64. The lowest BCUT2D eigenvalue weighted by Crippen LogP contribution is -2.56. The molecule has 28 heavy (non-hydrogen) atoms. The van der Waals surface area contributed by atoms with Crippen LogP contribution < -0.4 is 5.32 Å². The van der Waals surface area contributed by atoms with Gasteiger partial charge in [-0.15, -0.1) is 0 Å². The van der Waals surface area contributed by atoms with Crippen molar-refractivity contribution in [3.05, 3.63) is 64.7 Å². The smallest absolute Gasteiger partial charge is 0.255 e. The predicted molar refractivity (Wildman–Crippen MR) is 106 cm³/mol. The van der Waals surface area contributed by atoms with E-state index >= 15 is 0 Å². The summed E-state index contributed by atoms with van der Waals surface area (Å²) in [5, 5.41) is 3.25. The molecular formula is C21H20ClN3O3. The SMILES string of the molecule is O=C(Nc1ccccc1Cl)c1ccc(CN2CC(=O)N3CCC[C@H]3C2=O)cc1. The van der Waals surface area contributed by atoms with Crippen LogP contribution in [-0.2, 0) is 16.1 Å². The van der Waals surface area contributed by atoms with Gasteiger partial charge in [-0.3, -0.25) is 14.4 Å². The first-order valence-electron chi connectivity index (χ1n) is 9.26. The summed E-state index contributed by atoms with van der Waals surface area (Å²) >= 11 is 6.07. The van der Waals surface area contributed by atoms with Gasteiger partial charge < -0.3 is 15.1 Å². The number of hydrogen-bond donors (Lipinski definition) is 1. The highest BCUT2D eigenvalue weighted by molar-refractivity contribution is 6.33. The van der Waals surface area contributed by atoms with Crippen LogP contribution in [0.4, 0.5) is 5.69 Å². The number of benzene rings is 2.